The van der Waals surface area contributed by atoms with Gasteiger partial charge in [-0.05, 0) is 12.8 Å². The van der Waals surface area contributed by atoms with Crippen molar-refractivity contribution in [3.05, 3.63) is 0 Å². The Labute approximate surface area is 122 Å². The lowest BCUT2D eigenvalue weighted by Crippen LogP contribution is -2.37. The molecular formula is C14H38N2O2S. The van der Waals surface area contributed by atoms with Crippen LogP contribution in [0.1, 0.15) is 81.1 Å². The van der Waals surface area contributed by atoms with Gasteiger partial charge in [-0.1, -0.05) is 68.2 Å². The van der Waals surface area contributed by atoms with Gasteiger partial charge in [0.05, 0.1) is 0 Å². The van der Waals surface area contributed by atoms with Gasteiger partial charge in [0.15, 0.2) is 0 Å². The largest absolute Gasteiger partial charge is 0.276 e. The first-order valence-corrected chi connectivity index (χ1v) is 9.30. The van der Waals surface area contributed by atoms with Crippen LogP contribution in [0.5, 0.6) is 0 Å². The van der Waals surface area contributed by atoms with E-state index in [2.05, 4.69) is 6.92 Å². The highest BCUT2D eigenvalue weighted by atomic mass is 32.2. The third-order valence-corrected chi connectivity index (χ3v) is 2.93. The minimum Gasteiger partial charge on any atom is -0.216 e. The first kappa shape index (κ1) is 27.3. The van der Waals surface area contributed by atoms with E-state index < -0.39 is 10.2 Å². The van der Waals surface area contributed by atoms with E-state index in [0.717, 1.165) is 25.7 Å². The van der Waals surface area contributed by atoms with Crippen molar-refractivity contribution in [1.82, 2.24) is 4.31 Å². The average molecular weight is 299 g/mol. The summed E-state index contributed by atoms with van der Waals surface area (Å²) in [5.41, 5.74) is 0. The summed E-state index contributed by atoms with van der Waals surface area (Å²) < 4.78 is 23.4. The lowest BCUT2D eigenvalue weighted by atomic mass is 10.2. The zero-order valence-corrected chi connectivity index (χ0v) is 15.3. The second-order valence-corrected chi connectivity index (χ2v) is 4.70. The van der Waals surface area contributed by atoms with Crippen LogP contribution in [0.2, 0.25) is 0 Å². The normalized spacial score (nSPS) is 9.37. The zero-order chi connectivity index (χ0) is 16.3. The highest BCUT2D eigenvalue weighted by Crippen LogP contribution is 2.02. The van der Waals surface area contributed by atoms with Crippen LogP contribution in [0.4, 0.5) is 0 Å². The van der Waals surface area contributed by atoms with Crippen LogP contribution in [0.15, 0.2) is 0 Å². The van der Waals surface area contributed by atoms with E-state index in [1.165, 1.54) is 4.31 Å². The smallest absolute Gasteiger partial charge is 0.216 e. The van der Waals surface area contributed by atoms with Gasteiger partial charge in [-0.15, -0.1) is 0 Å². The van der Waals surface area contributed by atoms with Crippen molar-refractivity contribution < 1.29 is 8.42 Å². The molecule has 0 aliphatic heterocycles. The van der Waals surface area contributed by atoms with E-state index in [0.29, 0.717) is 13.1 Å². The molecule has 0 rings (SSSR count). The lowest BCUT2D eigenvalue weighted by Gasteiger charge is -2.17. The maximum absolute atomic E-state index is 11.0. The quantitative estimate of drug-likeness (QED) is 0.717. The number of unbranched alkanes of at least 4 members (excludes halogenated alkanes) is 2. The first-order valence-electron chi connectivity index (χ1n) is 7.80. The second kappa shape index (κ2) is 23.0. The SMILES string of the molecule is CC.CC.CC.CCCCCN(CCC)S(N)(=O)=O. The van der Waals surface area contributed by atoms with E-state index in [1.807, 2.05) is 48.5 Å². The Kier molecular flexibility index (Phi) is 33.0. The summed E-state index contributed by atoms with van der Waals surface area (Å²) in [7, 11) is -3.47. The molecule has 0 radical (unpaired) electrons. The molecule has 19 heavy (non-hydrogen) atoms. The van der Waals surface area contributed by atoms with Crippen LogP contribution in [0.3, 0.4) is 0 Å². The summed E-state index contributed by atoms with van der Waals surface area (Å²) in [5, 5.41) is 5.05. The van der Waals surface area contributed by atoms with E-state index in [4.69, 9.17) is 5.14 Å². The molecular weight excluding hydrogens is 260 g/mol. The van der Waals surface area contributed by atoms with Crippen molar-refractivity contribution in [2.24, 2.45) is 5.14 Å². The third-order valence-electron chi connectivity index (χ3n) is 1.84. The summed E-state index contributed by atoms with van der Waals surface area (Å²) in [6, 6.07) is 0. The third kappa shape index (κ3) is 23.4. The molecule has 0 aromatic carbocycles. The summed E-state index contributed by atoms with van der Waals surface area (Å²) in [6.45, 7) is 17.1. The minimum absolute atomic E-state index is 0.530. The fraction of sp³-hybridized carbons (Fsp3) is 1.00. The Morgan fingerprint density at radius 1 is 0.789 bits per heavy atom. The summed E-state index contributed by atoms with van der Waals surface area (Å²) in [6.07, 6.45) is 3.84. The Morgan fingerprint density at radius 3 is 1.47 bits per heavy atom. The molecule has 0 fully saturated rings. The Balaban J connectivity index is -0.000000163. The van der Waals surface area contributed by atoms with Crippen LogP contribution in [-0.2, 0) is 10.2 Å². The molecule has 0 spiro atoms. The Morgan fingerprint density at radius 2 is 1.21 bits per heavy atom. The highest BCUT2D eigenvalue weighted by Gasteiger charge is 2.14. The minimum atomic E-state index is -3.47. The standard InChI is InChI=1S/C8H20N2O2S.3C2H6/c1-3-5-6-8-10(7-4-2)13(9,11)12;3*1-2/h3-8H2,1-2H3,(H2,9,11,12);3*1-2H3. The predicted octanol–water partition coefficient (Wildman–Crippen LogP) is 4.17. The van der Waals surface area contributed by atoms with E-state index in [1.54, 1.807) is 0 Å². The van der Waals surface area contributed by atoms with Crippen LogP contribution in [0.25, 0.3) is 0 Å². The van der Waals surface area contributed by atoms with Crippen molar-refractivity contribution in [1.29, 1.82) is 0 Å². The number of hydrogen-bond acceptors (Lipinski definition) is 2. The molecule has 0 aromatic heterocycles. The van der Waals surface area contributed by atoms with Crippen molar-refractivity contribution in [3.63, 3.8) is 0 Å². The zero-order valence-electron chi connectivity index (χ0n) is 14.5. The van der Waals surface area contributed by atoms with Crippen LogP contribution < -0.4 is 5.14 Å². The molecule has 0 aliphatic rings. The molecule has 0 saturated heterocycles. The van der Waals surface area contributed by atoms with Crippen molar-refractivity contribution >= 4 is 10.2 Å². The van der Waals surface area contributed by atoms with Gasteiger partial charge >= 0.3 is 0 Å². The average Bonchev–Trinajstić information content (AvgIpc) is 2.44. The number of nitrogens with zero attached hydrogens (tertiary/aromatic N) is 1. The lowest BCUT2D eigenvalue weighted by molar-refractivity contribution is 0.399. The van der Waals surface area contributed by atoms with Crippen molar-refractivity contribution in [3.8, 4) is 0 Å². The van der Waals surface area contributed by atoms with E-state index >= 15 is 0 Å². The van der Waals surface area contributed by atoms with E-state index in [-0.39, 0.29) is 0 Å². The van der Waals surface area contributed by atoms with Crippen LogP contribution in [-0.4, -0.2) is 25.8 Å². The van der Waals surface area contributed by atoms with Gasteiger partial charge in [0.1, 0.15) is 0 Å². The second-order valence-electron chi connectivity index (χ2n) is 3.15. The highest BCUT2D eigenvalue weighted by molar-refractivity contribution is 7.86. The fourth-order valence-electron chi connectivity index (χ4n) is 1.15. The summed E-state index contributed by atoms with van der Waals surface area (Å²) >= 11 is 0. The number of hydrogen-bond donors (Lipinski definition) is 1. The molecule has 0 amide bonds. The summed E-state index contributed by atoms with van der Waals surface area (Å²) in [4.78, 5) is 0. The molecule has 0 saturated carbocycles. The molecule has 0 aliphatic carbocycles. The topological polar surface area (TPSA) is 63.4 Å². The molecule has 2 N–H and O–H groups in total. The molecule has 5 heteroatoms. The monoisotopic (exact) mass is 298 g/mol. The molecule has 122 valence electrons. The van der Waals surface area contributed by atoms with Gasteiger partial charge < -0.3 is 0 Å². The van der Waals surface area contributed by atoms with Gasteiger partial charge in [0.25, 0.3) is 10.2 Å². The van der Waals surface area contributed by atoms with E-state index in [9.17, 15) is 8.42 Å². The van der Waals surface area contributed by atoms with Crippen molar-refractivity contribution in [2.45, 2.75) is 81.1 Å². The summed E-state index contributed by atoms with van der Waals surface area (Å²) in [5.74, 6) is 0. The van der Waals surface area contributed by atoms with Crippen LogP contribution in [0, 0.1) is 0 Å². The number of rotatable bonds is 7. The van der Waals surface area contributed by atoms with Gasteiger partial charge in [-0.3, -0.25) is 0 Å². The van der Waals surface area contributed by atoms with Gasteiger partial charge in [0.2, 0.25) is 0 Å². The molecule has 0 bridgehead atoms. The molecule has 0 unspecified atom stereocenters. The molecule has 4 nitrogen and oxygen atoms in total. The van der Waals surface area contributed by atoms with Gasteiger partial charge in [-0.25, -0.2) is 5.14 Å². The maximum atomic E-state index is 11.0. The van der Waals surface area contributed by atoms with Crippen LogP contribution >= 0.6 is 0 Å². The fourth-order valence-corrected chi connectivity index (χ4v) is 1.97. The maximum Gasteiger partial charge on any atom is 0.276 e. The molecule has 0 aromatic rings. The Bertz CT molecular complexity index is 217. The van der Waals surface area contributed by atoms with Gasteiger partial charge in [-0.2, -0.15) is 12.7 Å². The van der Waals surface area contributed by atoms with Crippen molar-refractivity contribution in [2.75, 3.05) is 13.1 Å². The molecule has 0 atom stereocenters. The predicted molar refractivity (Wildman–Crippen MR) is 88.5 cm³/mol. The van der Waals surface area contributed by atoms with Gasteiger partial charge in [0, 0.05) is 13.1 Å². The molecule has 0 heterocycles. The number of nitrogens with two attached hydrogens (primary N) is 1. The first-order chi connectivity index (χ1) is 9.02. The Hall–Kier alpha value is -0.130.